The molecular weight excluding hydrogens is 378 g/mol. The summed E-state index contributed by atoms with van der Waals surface area (Å²) >= 11 is 0. The van der Waals surface area contributed by atoms with Crippen LogP contribution < -0.4 is 19.5 Å². The van der Waals surface area contributed by atoms with Gasteiger partial charge in [0.1, 0.15) is 11.5 Å². The molecule has 6 nitrogen and oxygen atoms in total. The molecule has 1 unspecified atom stereocenters. The average molecular weight is 398 g/mol. The Balaban J connectivity index is 1.87. The number of hydrogen-bond donors (Lipinski definition) is 2. The summed E-state index contributed by atoms with van der Waals surface area (Å²) < 4.78 is 62.2. The molecule has 0 amide bonds. The highest BCUT2D eigenvalue weighted by molar-refractivity contribution is 7.92. The van der Waals surface area contributed by atoms with Crippen molar-refractivity contribution in [3.63, 3.8) is 0 Å². The second kappa shape index (κ2) is 8.10. The molecule has 0 aromatic heterocycles. The number of halogens is 2. The Labute approximate surface area is 156 Å². The first kappa shape index (κ1) is 19.4. The lowest BCUT2D eigenvalue weighted by Gasteiger charge is -2.16. The van der Waals surface area contributed by atoms with Crippen LogP contribution in [0.1, 0.15) is 17.9 Å². The van der Waals surface area contributed by atoms with Crippen molar-refractivity contribution in [2.75, 3.05) is 24.9 Å². The maximum Gasteiger partial charge on any atom is 0.387 e. The van der Waals surface area contributed by atoms with Crippen LogP contribution in [-0.2, 0) is 10.0 Å². The zero-order valence-electron chi connectivity index (χ0n) is 14.6. The zero-order chi connectivity index (χ0) is 19.4. The molecule has 2 aromatic rings. The van der Waals surface area contributed by atoms with Gasteiger partial charge in [0.2, 0.25) is 0 Å². The summed E-state index contributed by atoms with van der Waals surface area (Å²) in [6.07, 6.45) is 0.889. The fourth-order valence-corrected chi connectivity index (χ4v) is 4.15. The van der Waals surface area contributed by atoms with Gasteiger partial charge in [-0.3, -0.25) is 4.72 Å². The monoisotopic (exact) mass is 398 g/mol. The molecule has 1 heterocycles. The van der Waals surface area contributed by atoms with Crippen molar-refractivity contribution in [2.45, 2.75) is 23.8 Å². The van der Waals surface area contributed by atoms with Gasteiger partial charge in [0.15, 0.2) is 0 Å². The van der Waals surface area contributed by atoms with Gasteiger partial charge in [-0.1, -0.05) is 6.07 Å². The van der Waals surface area contributed by atoms with Crippen molar-refractivity contribution < 1.29 is 26.7 Å². The van der Waals surface area contributed by atoms with Crippen molar-refractivity contribution in [3.8, 4) is 11.5 Å². The van der Waals surface area contributed by atoms with E-state index in [0.29, 0.717) is 5.75 Å². The number of anilines is 1. The molecule has 0 aliphatic carbocycles. The Kier molecular flexibility index (Phi) is 5.81. The Morgan fingerprint density at radius 1 is 1.22 bits per heavy atom. The molecule has 9 heteroatoms. The highest BCUT2D eigenvalue weighted by Gasteiger charge is 2.24. The maximum absolute atomic E-state index is 12.7. The molecule has 2 N–H and O–H groups in total. The predicted molar refractivity (Wildman–Crippen MR) is 97.1 cm³/mol. The Bertz CT molecular complexity index is 900. The van der Waals surface area contributed by atoms with E-state index in [4.69, 9.17) is 4.74 Å². The molecule has 0 saturated carbocycles. The van der Waals surface area contributed by atoms with Gasteiger partial charge in [-0.2, -0.15) is 8.78 Å². The standard InChI is InChI=1S/C18H20F2N2O4S/c1-25-17-6-5-15(10-16(17)12-7-8-21-11-12)27(23,24)22-13-3-2-4-14(9-13)26-18(19)20/h2-6,9-10,12,18,21-22H,7-8,11H2,1H3. The second-order valence-corrected chi connectivity index (χ2v) is 7.79. The summed E-state index contributed by atoms with van der Waals surface area (Å²) in [4.78, 5) is 0.0744. The van der Waals surface area contributed by atoms with Crippen LogP contribution in [0.25, 0.3) is 0 Å². The van der Waals surface area contributed by atoms with Gasteiger partial charge in [-0.05, 0) is 48.9 Å². The van der Waals surface area contributed by atoms with Crippen molar-refractivity contribution in [1.29, 1.82) is 0 Å². The quantitative estimate of drug-likeness (QED) is 0.749. The number of methoxy groups -OCH3 is 1. The van der Waals surface area contributed by atoms with Crippen LogP contribution in [0, 0.1) is 0 Å². The van der Waals surface area contributed by atoms with E-state index in [1.807, 2.05) is 0 Å². The topological polar surface area (TPSA) is 76.7 Å². The van der Waals surface area contributed by atoms with Crippen LogP contribution in [0.2, 0.25) is 0 Å². The molecule has 2 aromatic carbocycles. The number of nitrogens with one attached hydrogen (secondary N) is 2. The summed E-state index contributed by atoms with van der Waals surface area (Å²) in [5, 5.41) is 3.25. The van der Waals surface area contributed by atoms with Crippen molar-refractivity contribution in [3.05, 3.63) is 48.0 Å². The number of alkyl halides is 2. The van der Waals surface area contributed by atoms with Crippen molar-refractivity contribution in [2.24, 2.45) is 0 Å². The fourth-order valence-electron chi connectivity index (χ4n) is 3.07. The van der Waals surface area contributed by atoms with Gasteiger partial charge in [0, 0.05) is 18.5 Å². The van der Waals surface area contributed by atoms with Crippen LogP contribution >= 0.6 is 0 Å². The zero-order valence-corrected chi connectivity index (χ0v) is 15.4. The highest BCUT2D eigenvalue weighted by Crippen LogP contribution is 2.33. The third-order valence-electron chi connectivity index (χ3n) is 4.32. The van der Waals surface area contributed by atoms with E-state index in [1.165, 1.54) is 30.3 Å². The fraction of sp³-hybridized carbons (Fsp3) is 0.333. The molecule has 3 rings (SSSR count). The van der Waals surface area contributed by atoms with Gasteiger partial charge in [0.05, 0.1) is 17.7 Å². The maximum atomic E-state index is 12.7. The number of sulfonamides is 1. The molecule has 0 spiro atoms. The van der Waals surface area contributed by atoms with Gasteiger partial charge in [-0.25, -0.2) is 8.42 Å². The largest absolute Gasteiger partial charge is 0.496 e. The summed E-state index contributed by atoms with van der Waals surface area (Å²) in [7, 11) is -2.36. The minimum Gasteiger partial charge on any atom is -0.496 e. The van der Waals surface area contributed by atoms with Crippen LogP contribution in [0.4, 0.5) is 14.5 Å². The van der Waals surface area contributed by atoms with Crippen LogP contribution in [0.5, 0.6) is 11.5 Å². The summed E-state index contributed by atoms with van der Waals surface area (Å²) in [6.45, 7) is -1.37. The molecule has 146 valence electrons. The third kappa shape index (κ3) is 4.67. The van der Waals surface area contributed by atoms with E-state index in [2.05, 4.69) is 14.8 Å². The molecule has 1 saturated heterocycles. The second-order valence-electron chi connectivity index (χ2n) is 6.11. The first-order valence-electron chi connectivity index (χ1n) is 8.35. The lowest BCUT2D eigenvalue weighted by molar-refractivity contribution is -0.0497. The molecule has 27 heavy (non-hydrogen) atoms. The minimum atomic E-state index is -3.90. The van der Waals surface area contributed by atoms with E-state index in [-0.39, 0.29) is 22.3 Å². The van der Waals surface area contributed by atoms with Gasteiger partial charge in [0.25, 0.3) is 10.0 Å². The lowest BCUT2D eigenvalue weighted by atomic mass is 9.97. The smallest absolute Gasteiger partial charge is 0.387 e. The lowest BCUT2D eigenvalue weighted by Crippen LogP contribution is -2.15. The van der Waals surface area contributed by atoms with Crippen molar-refractivity contribution in [1.82, 2.24) is 5.32 Å². The van der Waals surface area contributed by atoms with Gasteiger partial charge < -0.3 is 14.8 Å². The van der Waals surface area contributed by atoms with E-state index >= 15 is 0 Å². The number of benzene rings is 2. The van der Waals surface area contributed by atoms with E-state index in [1.54, 1.807) is 19.2 Å². The molecule has 0 bridgehead atoms. The van der Waals surface area contributed by atoms with E-state index in [9.17, 15) is 17.2 Å². The van der Waals surface area contributed by atoms with Gasteiger partial charge in [-0.15, -0.1) is 0 Å². The average Bonchev–Trinajstić information content (AvgIpc) is 3.15. The van der Waals surface area contributed by atoms with Crippen molar-refractivity contribution >= 4 is 15.7 Å². The Morgan fingerprint density at radius 2 is 2.04 bits per heavy atom. The molecule has 1 aliphatic rings. The predicted octanol–water partition coefficient (Wildman–Crippen LogP) is 3.17. The molecule has 0 radical (unpaired) electrons. The SMILES string of the molecule is COc1ccc(S(=O)(=O)Nc2cccc(OC(F)F)c2)cc1C1CCNC1. The molecular formula is C18H20F2N2O4S. The number of rotatable bonds is 7. The first-order chi connectivity index (χ1) is 12.9. The molecule has 1 aliphatic heterocycles. The number of ether oxygens (including phenoxy) is 2. The summed E-state index contributed by atoms with van der Waals surface area (Å²) in [5.41, 5.74) is 0.952. The Morgan fingerprint density at radius 3 is 2.70 bits per heavy atom. The molecule has 1 atom stereocenters. The third-order valence-corrected chi connectivity index (χ3v) is 5.70. The Hall–Kier alpha value is -2.39. The highest BCUT2D eigenvalue weighted by atomic mass is 32.2. The normalized spacial score (nSPS) is 17.1. The van der Waals surface area contributed by atoms with Crippen LogP contribution in [-0.4, -0.2) is 35.2 Å². The minimum absolute atomic E-state index is 0.0744. The summed E-state index contributed by atoms with van der Waals surface area (Å²) in [6, 6.07) is 10.1. The van der Waals surface area contributed by atoms with E-state index in [0.717, 1.165) is 25.1 Å². The van der Waals surface area contributed by atoms with E-state index < -0.39 is 16.6 Å². The van der Waals surface area contributed by atoms with Gasteiger partial charge >= 0.3 is 6.61 Å². The van der Waals surface area contributed by atoms with Crippen LogP contribution in [0.3, 0.4) is 0 Å². The molecule has 1 fully saturated rings. The number of hydrogen-bond acceptors (Lipinski definition) is 5. The summed E-state index contributed by atoms with van der Waals surface area (Å²) in [5.74, 6) is 0.672. The van der Waals surface area contributed by atoms with Crippen LogP contribution in [0.15, 0.2) is 47.4 Å². The first-order valence-corrected chi connectivity index (χ1v) is 9.84.